The molecule has 0 spiro atoms. The van der Waals surface area contributed by atoms with E-state index in [1.54, 1.807) is 54.6 Å². The number of azo groups is 1. The number of amides is 1. The molecule has 1 aromatic heterocycles. The van der Waals surface area contributed by atoms with Crippen LogP contribution in [0.15, 0.2) is 87.2 Å². The van der Waals surface area contributed by atoms with Gasteiger partial charge in [0.1, 0.15) is 15.8 Å². The molecule has 11 heteroatoms. The Kier molecular flexibility index (Phi) is 7.44. The van der Waals surface area contributed by atoms with Crippen molar-refractivity contribution in [2.45, 2.75) is 4.90 Å². The standard InChI is InChI=1S/C21H16N4O4S2.Na/c22-20-16-5-2-1-4-15(16)19(31(27,28)29)12-17(20)25-24-14-9-7-13(8-10-14)23-21(26)18-6-3-11-30-18;/h1-12H,22H2,(H,23,26)(H,27,28,29);/q;+1/p-1. The van der Waals surface area contributed by atoms with E-state index in [-0.39, 0.29) is 52.2 Å². The van der Waals surface area contributed by atoms with Crippen LogP contribution >= 0.6 is 11.3 Å². The van der Waals surface area contributed by atoms with E-state index in [1.807, 2.05) is 5.38 Å². The molecule has 4 aromatic rings. The van der Waals surface area contributed by atoms with Gasteiger partial charge in [-0.05, 0) is 41.8 Å². The smallest absolute Gasteiger partial charge is 0.744 e. The van der Waals surface area contributed by atoms with Gasteiger partial charge in [-0.2, -0.15) is 5.11 Å². The number of nitrogens with zero attached hydrogens (tertiary/aromatic N) is 2. The van der Waals surface area contributed by atoms with E-state index >= 15 is 0 Å². The molecule has 0 aliphatic heterocycles. The molecule has 0 aliphatic carbocycles. The predicted octanol–water partition coefficient (Wildman–Crippen LogP) is 2.06. The molecular formula is C21H15N4NaO4S2. The molecule has 0 fully saturated rings. The summed E-state index contributed by atoms with van der Waals surface area (Å²) in [5.41, 5.74) is 7.45. The molecule has 0 unspecified atom stereocenters. The summed E-state index contributed by atoms with van der Waals surface area (Å²) in [5.74, 6) is -0.209. The maximum atomic E-state index is 12.1. The van der Waals surface area contributed by atoms with Gasteiger partial charge in [-0.3, -0.25) is 4.79 Å². The quantitative estimate of drug-likeness (QED) is 0.197. The average Bonchev–Trinajstić information content (AvgIpc) is 3.29. The normalized spacial score (nSPS) is 11.4. The number of fused-ring (bicyclic) bond motifs is 1. The molecule has 32 heavy (non-hydrogen) atoms. The van der Waals surface area contributed by atoms with Crippen molar-refractivity contribution in [1.82, 2.24) is 0 Å². The van der Waals surface area contributed by atoms with Crippen LogP contribution in [0.2, 0.25) is 0 Å². The second-order valence-electron chi connectivity index (χ2n) is 6.49. The van der Waals surface area contributed by atoms with Crippen molar-refractivity contribution < 1.29 is 47.3 Å². The zero-order valence-electron chi connectivity index (χ0n) is 16.8. The minimum absolute atomic E-state index is 0. The molecule has 8 nitrogen and oxygen atoms in total. The van der Waals surface area contributed by atoms with Crippen LogP contribution in [-0.4, -0.2) is 18.9 Å². The third-order valence-electron chi connectivity index (χ3n) is 4.44. The monoisotopic (exact) mass is 474 g/mol. The number of nitrogens with two attached hydrogens (primary N) is 1. The summed E-state index contributed by atoms with van der Waals surface area (Å²) in [6.45, 7) is 0. The number of carbonyl (C=O) groups is 1. The first-order valence-electron chi connectivity index (χ1n) is 8.97. The minimum Gasteiger partial charge on any atom is -0.744 e. The Labute approximate surface area is 210 Å². The number of anilines is 2. The van der Waals surface area contributed by atoms with Crippen molar-refractivity contribution in [3.05, 3.63) is 77.0 Å². The van der Waals surface area contributed by atoms with Crippen LogP contribution in [0.1, 0.15) is 9.67 Å². The van der Waals surface area contributed by atoms with Crippen molar-refractivity contribution >= 4 is 60.9 Å². The fraction of sp³-hybridized carbons (Fsp3) is 0. The average molecular weight is 474 g/mol. The zero-order valence-corrected chi connectivity index (χ0v) is 20.5. The molecule has 0 atom stereocenters. The van der Waals surface area contributed by atoms with Gasteiger partial charge < -0.3 is 15.6 Å². The number of nitrogen functional groups attached to an aromatic ring is 1. The molecule has 0 saturated heterocycles. The van der Waals surface area contributed by atoms with Crippen molar-refractivity contribution in [1.29, 1.82) is 0 Å². The summed E-state index contributed by atoms with van der Waals surface area (Å²) in [6.07, 6.45) is 0. The molecule has 3 N–H and O–H groups in total. The van der Waals surface area contributed by atoms with Gasteiger partial charge in [-0.1, -0.05) is 30.3 Å². The van der Waals surface area contributed by atoms with Crippen LogP contribution in [-0.2, 0) is 10.1 Å². The van der Waals surface area contributed by atoms with Crippen LogP contribution in [0.4, 0.5) is 22.7 Å². The number of nitrogens with one attached hydrogen (secondary N) is 1. The van der Waals surface area contributed by atoms with Crippen molar-refractivity contribution in [3.8, 4) is 0 Å². The Balaban J connectivity index is 0.00000289. The van der Waals surface area contributed by atoms with Crippen molar-refractivity contribution in [2.75, 3.05) is 11.1 Å². The maximum Gasteiger partial charge on any atom is 1.00 e. The van der Waals surface area contributed by atoms with E-state index in [0.717, 1.165) is 6.07 Å². The number of benzene rings is 3. The van der Waals surface area contributed by atoms with Gasteiger partial charge in [0.15, 0.2) is 0 Å². The van der Waals surface area contributed by atoms with Gasteiger partial charge in [-0.25, -0.2) is 8.42 Å². The van der Waals surface area contributed by atoms with Crippen LogP contribution in [0, 0.1) is 0 Å². The third-order valence-corrected chi connectivity index (χ3v) is 6.18. The summed E-state index contributed by atoms with van der Waals surface area (Å²) in [5, 5.41) is 13.4. The van der Waals surface area contributed by atoms with Crippen LogP contribution in [0.5, 0.6) is 0 Å². The van der Waals surface area contributed by atoms with Crippen molar-refractivity contribution in [3.63, 3.8) is 0 Å². The SMILES string of the molecule is Nc1c(N=Nc2ccc(NC(=O)c3cccs3)cc2)cc(S(=O)(=O)[O-])c2ccccc12.[Na+]. The van der Waals surface area contributed by atoms with Crippen molar-refractivity contribution in [2.24, 2.45) is 10.2 Å². The molecule has 0 radical (unpaired) electrons. The first kappa shape index (κ1) is 24.1. The van der Waals surface area contributed by atoms with E-state index in [2.05, 4.69) is 15.5 Å². The first-order valence-corrected chi connectivity index (χ1v) is 11.3. The molecule has 0 saturated carbocycles. The van der Waals surface area contributed by atoms with E-state index in [1.165, 1.54) is 17.4 Å². The van der Waals surface area contributed by atoms with Gasteiger partial charge in [0.05, 0.1) is 21.1 Å². The fourth-order valence-electron chi connectivity index (χ4n) is 2.96. The molecule has 1 heterocycles. The number of hydrogen-bond acceptors (Lipinski definition) is 8. The summed E-state index contributed by atoms with van der Waals surface area (Å²) >= 11 is 1.34. The van der Waals surface area contributed by atoms with Gasteiger partial charge in [0, 0.05) is 16.5 Å². The molecule has 1 amide bonds. The van der Waals surface area contributed by atoms with E-state index in [9.17, 15) is 17.8 Å². The topological polar surface area (TPSA) is 137 Å². The Bertz CT molecular complexity index is 1400. The van der Waals surface area contributed by atoms with Crippen LogP contribution < -0.4 is 40.6 Å². The molecule has 156 valence electrons. The fourth-order valence-corrected chi connectivity index (χ4v) is 4.29. The molecule has 3 aromatic carbocycles. The number of thiophene rings is 1. The Hall–Kier alpha value is -2.60. The number of rotatable bonds is 5. The molecular weight excluding hydrogens is 459 g/mol. The minimum atomic E-state index is -4.73. The third kappa shape index (κ3) is 5.23. The Morgan fingerprint density at radius 1 is 0.969 bits per heavy atom. The van der Waals surface area contributed by atoms with Gasteiger partial charge >= 0.3 is 29.6 Å². The van der Waals surface area contributed by atoms with E-state index < -0.39 is 15.0 Å². The zero-order chi connectivity index (χ0) is 22.0. The van der Waals surface area contributed by atoms with Gasteiger partial charge in [0.2, 0.25) is 0 Å². The van der Waals surface area contributed by atoms with Gasteiger partial charge in [0.25, 0.3) is 5.91 Å². The first-order chi connectivity index (χ1) is 14.8. The van der Waals surface area contributed by atoms with E-state index in [0.29, 0.717) is 21.6 Å². The van der Waals surface area contributed by atoms with Crippen LogP contribution in [0.3, 0.4) is 0 Å². The second kappa shape index (κ2) is 9.90. The summed E-state index contributed by atoms with van der Waals surface area (Å²) in [7, 11) is -4.73. The summed E-state index contributed by atoms with van der Waals surface area (Å²) in [6, 6.07) is 17.7. The van der Waals surface area contributed by atoms with Crippen LogP contribution in [0.25, 0.3) is 10.8 Å². The summed E-state index contributed by atoms with van der Waals surface area (Å²) < 4.78 is 35.1. The maximum absolute atomic E-state index is 12.1. The van der Waals surface area contributed by atoms with Gasteiger partial charge in [-0.15, -0.1) is 16.5 Å². The second-order valence-corrected chi connectivity index (χ2v) is 8.78. The number of carbonyl (C=O) groups excluding carboxylic acids is 1. The number of hydrogen-bond donors (Lipinski definition) is 2. The van der Waals surface area contributed by atoms with E-state index in [4.69, 9.17) is 5.73 Å². The molecule has 0 aliphatic rings. The Morgan fingerprint density at radius 2 is 1.66 bits per heavy atom. The molecule has 4 rings (SSSR count). The summed E-state index contributed by atoms with van der Waals surface area (Å²) in [4.78, 5) is 12.3. The molecule has 0 bridgehead atoms. The Morgan fingerprint density at radius 3 is 2.28 bits per heavy atom. The largest absolute Gasteiger partial charge is 1.00 e. The predicted molar refractivity (Wildman–Crippen MR) is 119 cm³/mol.